The van der Waals surface area contributed by atoms with Crippen molar-refractivity contribution >= 4 is 0 Å². The lowest BCUT2D eigenvalue weighted by atomic mass is 10.0. The summed E-state index contributed by atoms with van der Waals surface area (Å²) in [5.74, 6) is 1.23. The molecule has 0 amide bonds. The largest absolute Gasteiger partial charge is 0.396 e. The first-order chi connectivity index (χ1) is 7.35. The Bertz CT molecular complexity index is 339. The molecule has 2 heterocycles. The molecule has 3 rings (SSSR count). The SMILES string of the molecule is OCC1CN(Cc2cc(C3CC3)n[nH]2)C1. The number of aliphatic hydroxyl groups is 1. The van der Waals surface area contributed by atoms with Crippen molar-refractivity contribution in [3.63, 3.8) is 0 Å². The van der Waals surface area contributed by atoms with Crippen LogP contribution in [0.2, 0.25) is 0 Å². The number of rotatable bonds is 4. The number of aromatic nitrogens is 2. The topological polar surface area (TPSA) is 52.1 Å². The maximum absolute atomic E-state index is 8.91. The lowest BCUT2D eigenvalue weighted by molar-refractivity contribution is 0.0470. The van der Waals surface area contributed by atoms with Crippen molar-refractivity contribution in [3.8, 4) is 0 Å². The van der Waals surface area contributed by atoms with Gasteiger partial charge in [0.2, 0.25) is 0 Å². The smallest absolute Gasteiger partial charge is 0.0656 e. The highest BCUT2D eigenvalue weighted by molar-refractivity contribution is 5.17. The first-order valence-electron chi connectivity index (χ1n) is 5.72. The van der Waals surface area contributed by atoms with Gasteiger partial charge in [-0.05, 0) is 18.9 Å². The lowest BCUT2D eigenvalue weighted by Crippen LogP contribution is -2.47. The van der Waals surface area contributed by atoms with Crippen LogP contribution in [0.15, 0.2) is 6.07 Å². The molecule has 4 heteroatoms. The highest BCUT2D eigenvalue weighted by atomic mass is 16.3. The summed E-state index contributed by atoms with van der Waals surface area (Å²) in [6.45, 7) is 3.32. The zero-order valence-corrected chi connectivity index (χ0v) is 8.82. The van der Waals surface area contributed by atoms with Crippen LogP contribution in [-0.4, -0.2) is 39.9 Å². The zero-order valence-electron chi connectivity index (χ0n) is 8.82. The van der Waals surface area contributed by atoms with E-state index in [2.05, 4.69) is 21.2 Å². The second-order valence-corrected chi connectivity index (χ2v) is 4.84. The van der Waals surface area contributed by atoms with Crippen molar-refractivity contribution in [2.45, 2.75) is 25.3 Å². The first kappa shape index (κ1) is 9.36. The number of aliphatic hydroxyl groups excluding tert-OH is 1. The van der Waals surface area contributed by atoms with Gasteiger partial charge in [-0.1, -0.05) is 0 Å². The van der Waals surface area contributed by atoms with E-state index in [1.165, 1.54) is 24.2 Å². The second kappa shape index (κ2) is 3.61. The van der Waals surface area contributed by atoms with Crippen LogP contribution in [0.1, 0.15) is 30.1 Å². The Balaban J connectivity index is 1.53. The number of nitrogens with zero attached hydrogens (tertiary/aromatic N) is 2. The van der Waals surface area contributed by atoms with Crippen molar-refractivity contribution in [3.05, 3.63) is 17.5 Å². The van der Waals surface area contributed by atoms with Crippen LogP contribution in [0.4, 0.5) is 0 Å². The summed E-state index contributed by atoms with van der Waals surface area (Å²) >= 11 is 0. The van der Waals surface area contributed by atoms with E-state index < -0.39 is 0 Å². The minimum atomic E-state index is 0.326. The molecular formula is C11H17N3O. The first-order valence-corrected chi connectivity index (χ1v) is 5.72. The van der Waals surface area contributed by atoms with Crippen LogP contribution in [0.3, 0.4) is 0 Å². The predicted octanol–water partition coefficient (Wildman–Crippen LogP) is 0.711. The number of hydrogen-bond acceptors (Lipinski definition) is 3. The summed E-state index contributed by atoms with van der Waals surface area (Å²) < 4.78 is 0. The second-order valence-electron chi connectivity index (χ2n) is 4.84. The van der Waals surface area contributed by atoms with Crippen LogP contribution in [0.25, 0.3) is 0 Å². The molecule has 2 N–H and O–H groups in total. The third kappa shape index (κ3) is 1.92. The van der Waals surface area contributed by atoms with Gasteiger partial charge in [-0.2, -0.15) is 5.10 Å². The van der Waals surface area contributed by atoms with Gasteiger partial charge in [0.05, 0.1) is 5.69 Å². The molecular weight excluding hydrogens is 190 g/mol. The number of H-pyrrole nitrogens is 1. The molecule has 1 aromatic heterocycles. The molecule has 0 unspecified atom stereocenters. The monoisotopic (exact) mass is 207 g/mol. The molecule has 2 fully saturated rings. The van der Waals surface area contributed by atoms with Crippen LogP contribution in [0.5, 0.6) is 0 Å². The Morgan fingerprint density at radius 1 is 1.47 bits per heavy atom. The fourth-order valence-electron chi connectivity index (χ4n) is 2.21. The van der Waals surface area contributed by atoms with Gasteiger partial charge >= 0.3 is 0 Å². The van der Waals surface area contributed by atoms with E-state index in [9.17, 15) is 0 Å². The molecule has 2 aliphatic rings. The third-order valence-corrected chi connectivity index (χ3v) is 3.33. The molecule has 0 bridgehead atoms. The molecule has 82 valence electrons. The fourth-order valence-corrected chi connectivity index (χ4v) is 2.21. The van der Waals surface area contributed by atoms with Gasteiger partial charge in [0.25, 0.3) is 0 Å². The average Bonchev–Trinajstić information content (AvgIpc) is 2.92. The predicted molar refractivity (Wildman–Crippen MR) is 56.4 cm³/mol. The van der Waals surface area contributed by atoms with Gasteiger partial charge < -0.3 is 5.11 Å². The molecule has 1 aromatic rings. The Hall–Kier alpha value is -0.870. The van der Waals surface area contributed by atoms with Gasteiger partial charge in [0.15, 0.2) is 0 Å². The molecule has 0 aromatic carbocycles. The summed E-state index contributed by atoms with van der Waals surface area (Å²) in [5, 5.41) is 16.3. The summed E-state index contributed by atoms with van der Waals surface area (Å²) in [7, 11) is 0. The highest BCUT2D eigenvalue weighted by Gasteiger charge is 2.28. The summed E-state index contributed by atoms with van der Waals surface area (Å²) in [5.41, 5.74) is 2.46. The van der Waals surface area contributed by atoms with E-state index in [0.29, 0.717) is 12.5 Å². The number of aromatic amines is 1. The molecule has 15 heavy (non-hydrogen) atoms. The lowest BCUT2D eigenvalue weighted by Gasteiger charge is -2.37. The fraction of sp³-hybridized carbons (Fsp3) is 0.727. The number of likely N-dealkylation sites (tertiary alicyclic amines) is 1. The van der Waals surface area contributed by atoms with E-state index in [-0.39, 0.29) is 0 Å². The van der Waals surface area contributed by atoms with Crippen molar-refractivity contribution in [1.29, 1.82) is 0 Å². The van der Waals surface area contributed by atoms with E-state index in [4.69, 9.17) is 5.11 Å². The van der Waals surface area contributed by atoms with E-state index in [1.54, 1.807) is 0 Å². The third-order valence-electron chi connectivity index (χ3n) is 3.33. The Morgan fingerprint density at radius 3 is 2.93 bits per heavy atom. The van der Waals surface area contributed by atoms with E-state index in [1.807, 2.05) is 0 Å². The molecule has 1 aliphatic heterocycles. The summed E-state index contributed by atoms with van der Waals surface area (Å²) in [6.07, 6.45) is 2.61. The van der Waals surface area contributed by atoms with Crippen LogP contribution >= 0.6 is 0 Å². The van der Waals surface area contributed by atoms with Crippen molar-refractivity contribution in [1.82, 2.24) is 15.1 Å². The van der Waals surface area contributed by atoms with Gasteiger partial charge in [-0.15, -0.1) is 0 Å². The van der Waals surface area contributed by atoms with Crippen molar-refractivity contribution in [2.24, 2.45) is 5.92 Å². The van der Waals surface area contributed by atoms with Gasteiger partial charge in [0.1, 0.15) is 0 Å². The molecule has 4 nitrogen and oxygen atoms in total. The van der Waals surface area contributed by atoms with Crippen LogP contribution < -0.4 is 0 Å². The van der Waals surface area contributed by atoms with Gasteiger partial charge in [-0.3, -0.25) is 10.00 Å². The normalized spacial score (nSPS) is 23.0. The molecule has 0 radical (unpaired) electrons. The zero-order chi connectivity index (χ0) is 10.3. The summed E-state index contributed by atoms with van der Waals surface area (Å²) in [4.78, 5) is 2.34. The quantitative estimate of drug-likeness (QED) is 0.764. The Kier molecular flexibility index (Phi) is 2.25. The molecule has 0 atom stereocenters. The Labute approximate surface area is 89.3 Å². The van der Waals surface area contributed by atoms with Gasteiger partial charge in [0, 0.05) is 43.8 Å². The number of hydrogen-bond donors (Lipinski definition) is 2. The molecule has 0 spiro atoms. The maximum Gasteiger partial charge on any atom is 0.0656 e. The maximum atomic E-state index is 8.91. The van der Waals surface area contributed by atoms with E-state index >= 15 is 0 Å². The van der Waals surface area contributed by atoms with E-state index in [0.717, 1.165) is 25.6 Å². The minimum absolute atomic E-state index is 0.326. The van der Waals surface area contributed by atoms with Crippen LogP contribution in [0, 0.1) is 5.92 Å². The molecule has 1 saturated carbocycles. The van der Waals surface area contributed by atoms with Crippen molar-refractivity contribution < 1.29 is 5.11 Å². The van der Waals surface area contributed by atoms with Crippen molar-refractivity contribution in [2.75, 3.05) is 19.7 Å². The molecule has 1 saturated heterocycles. The van der Waals surface area contributed by atoms with Crippen LogP contribution in [-0.2, 0) is 6.54 Å². The summed E-state index contributed by atoms with van der Waals surface area (Å²) in [6, 6.07) is 2.20. The Morgan fingerprint density at radius 2 is 2.27 bits per heavy atom. The highest BCUT2D eigenvalue weighted by Crippen LogP contribution is 2.39. The van der Waals surface area contributed by atoms with Gasteiger partial charge in [-0.25, -0.2) is 0 Å². The standard InChI is InChI=1S/C11H17N3O/c15-7-8-4-14(5-8)6-10-3-11(13-12-10)9-1-2-9/h3,8-9,15H,1-2,4-7H2,(H,12,13). The minimum Gasteiger partial charge on any atom is -0.396 e. The number of nitrogens with one attached hydrogen (secondary N) is 1. The molecule has 1 aliphatic carbocycles. The average molecular weight is 207 g/mol.